The quantitative estimate of drug-likeness (QED) is 0.162. The van der Waals surface area contributed by atoms with Crippen LogP contribution in [0, 0.1) is 0 Å². The van der Waals surface area contributed by atoms with Crippen LogP contribution in [0.3, 0.4) is 0 Å². The maximum absolute atomic E-state index is 5.50. The van der Waals surface area contributed by atoms with E-state index in [0.29, 0.717) is 0 Å². The van der Waals surface area contributed by atoms with E-state index in [1.165, 1.54) is 42.2 Å². The third-order valence-electron chi connectivity index (χ3n) is 11.0. The van der Waals surface area contributed by atoms with Gasteiger partial charge in [-0.25, -0.2) is 9.97 Å². The Balaban J connectivity index is 1.03. The monoisotopic (exact) mass is 770 g/mol. The average molecular weight is 771 g/mol. The van der Waals surface area contributed by atoms with Crippen LogP contribution < -0.4 is 0 Å². The van der Waals surface area contributed by atoms with Crippen molar-refractivity contribution in [3.05, 3.63) is 207 Å². The van der Waals surface area contributed by atoms with E-state index >= 15 is 0 Å². The summed E-state index contributed by atoms with van der Waals surface area (Å²) in [7, 11) is 0. The van der Waals surface area contributed by atoms with E-state index in [0.717, 1.165) is 67.4 Å². The summed E-state index contributed by atoms with van der Waals surface area (Å²) >= 11 is 1.82. The minimum Gasteiger partial charge on any atom is -0.255 e. The number of nitrogens with zero attached hydrogens (tertiary/aromatic N) is 4. The number of pyridine rings is 4. The summed E-state index contributed by atoms with van der Waals surface area (Å²) in [6.07, 6.45) is 3.61. The lowest BCUT2D eigenvalue weighted by molar-refractivity contribution is 1.22. The fourth-order valence-corrected chi connectivity index (χ4v) is 9.31. The van der Waals surface area contributed by atoms with Crippen LogP contribution in [0.25, 0.3) is 110 Å². The average Bonchev–Trinajstić information content (AvgIpc) is 3.72. The van der Waals surface area contributed by atoms with Crippen molar-refractivity contribution in [1.82, 2.24) is 19.9 Å². The van der Waals surface area contributed by atoms with Crippen LogP contribution in [-0.4, -0.2) is 19.9 Å². The lowest BCUT2D eigenvalue weighted by atomic mass is 9.95. The fraction of sp³-hybridized carbons (Fsp3) is 0. The van der Waals surface area contributed by atoms with Gasteiger partial charge >= 0.3 is 0 Å². The van der Waals surface area contributed by atoms with Crippen LogP contribution in [0.15, 0.2) is 207 Å². The third-order valence-corrected chi connectivity index (χ3v) is 12.1. The molecule has 0 aliphatic rings. The first-order valence-electron chi connectivity index (χ1n) is 19.7. The van der Waals surface area contributed by atoms with Crippen molar-refractivity contribution >= 4 is 42.4 Å². The van der Waals surface area contributed by atoms with Crippen molar-refractivity contribution in [2.24, 2.45) is 0 Å². The van der Waals surface area contributed by atoms with Crippen molar-refractivity contribution in [3.8, 4) is 78.5 Å². The van der Waals surface area contributed by atoms with E-state index in [4.69, 9.17) is 9.97 Å². The summed E-state index contributed by atoms with van der Waals surface area (Å²) in [6.45, 7) is 0. The Labute approximate surface area is 345 Å². The molecule has 0 saturated heterocycles. The van der Waals surface area contributed by atoms with Crippen molar-refractivity contribution in [2.75, 3.05) is 0 Å². The molecule has 0 atom stereocenters. The number of thiophene rings is 1. The predicted octanol–water partition coefficient (Wildman–Crippen LogP) is 14.5. The van der Waals surface area contributed by atoms with Crippen LogP contribution in [-0.2, 0) is 0 Å². The topological polar surface area (TPSA) is 51.6 Å². The minimum absolute atomic E-state index is 0.804. The van der Waals surface area contributed by atoms with Gasteiger partial charge in [-0.05, 0) is 111 Å². The Morgan fingerprint density at radius 2 is 0.847 bits per heavy atom. The number of hydrogen-bond donors (Lipinski definition) is 0. The number of fused-ring (bicyclic) bond motifs is 5. The summed E-state index contributed by atoms with van der Waals surface area (Å²) in [6, 6.07) is 68.5. The summed E-state index contributed by atoms with van der Waals surface area (Å²) in [5.41, 5.74) is 15.4. The molecule has 0 fully saturated rings. The van der Waals surface area contributed by atoms with Crippen molar-refractivity contribution in [2.45, 2.75) is 0 Å². The van der Waals surface area contributed by atoms with E-state index in [1.807, 2.05) is 47.7 Å². The van der Waals surface area contributed by atoms with Gasteiger partial charge in [-0.3, -0.25) is 9.97 Å². The van der Waals surface area contributed by atoms with E-state index in [2.05, 4.69) is 168 Å². The molecule has 276 valence electrons. The van der Waals surface area contributed by atoms with Gasteiger partial charge in [0, 0.05) is 38.8 Å². The van der Waals surface area contributed by atoms with Gasteiger partial charge in [-0.2, -0.15) is 0 Å². The van der Waals surface area contributed by atoms with Gasteiger partial charge in [0.15, 0.2) is 0 Å². The molecule has 59 heavy (non-hydrogen) atoms. The molecule has 5 heteroatoms. The van der Waals surface area contributed by atoms with E-state index in [-0.39, 0.29) is 0 Å². The summed E-state index contributed by atoms with van der Waals surface area (Å²) < 4.78 is 2.46. The normalized spacial score (nSPS) is 11.4. The number of aromatic nitrogens is 4. The molecule has 0 aliphatic heterocycles. The molecule has 11 aromatic rings. The van der Waals surface area contributed by atoms with E-state index in [1.54, 1.807) is 12.4 Å². The van der Waals surface area contributed by atoms with E-state index in [9.17, 15) is 0 Å². The molecule has 0 radical (unpaired) electrons. The third kappa shape index (κ3) is 6.54. The van der Waals surface area contributed by atoms with Gasteiger partial charge in [0.05, 0.1) is 38.7 Å². The SMILES string of the molecule is c1ccc(-c2cccc(-c3ccc4c(c3)nc(-c3cccc(-c5cccc(-c6cc(-c7ccccn7)nc(-c7ccccn7)c6)c5)c3)c3sc5ccccc5c34)c2)cc1. The molecule has 0 N–H and O–H groups in total. The van der Waals surface area contributed by atoms with Gasteiger partial charge in [0.25, 0.3) is 0 Å². The zero-order chi connectivity index (χ0) is 39.1. The highest BCUT2D eigenvalue weighted by molar-refractivity contribution is 7.26. The van der Waals surface area contributed by atoms with Crippen LogP contribution in [0.2, 0.25) is 0 Å². The maximum Gasteiger partial charge on any atom is 0.0900 e. The maximum atomic E-state index is 5.50. The number of rotatable bonds is 7. The Morgan fingerprint density at radius 3 is 1.49 bits per heavy atom. The molecule has 0 aliphatic carbocycles. The molecule has 0 saturated carbocycles. The molecule has 6 aromatic carbocycles. The molecule has 0 unspecified atom stereocenters. The zero-order valence-corrected chi connectivity index (χ0v) is 32.6. The molecule has 11 rings (SSSR count). The molecule has 0 bridgehead atoms. The van der Waals surface area contributed by atoms with Crippen molar-refractivity contribution in [1.29, 1.82) is 0 Å². The minimum atomic E-state index is 0.804. The first kappa shape index (κ1) is 34.6. The largest absolute Gasteiger partial charge is 0.255 e. The smallest absolute Gasteiger partial charge is 0.0900 e. The summed E-state index contributed by atoms with van der Waals surface area (Å²) in [5.74, 6) is 0. The van der Waals surface area contributed by atoms with Gasteiger partial charge in [-0.15, -0.1) is 11.3 Å². The second-order valence-electron chi connectivity index (χ2n) is 14.7. The molecule has 5 heterocycles. The van der Waals surface area contributed by atoms with Gasteiger partial charge in [0.2, 0.25) is 0 Å². The van der Waals surface area contributed by atoms with Crippen LogP contribution in [0.5, 0.6) is 0 Å². The Bertz CT molecular complexity index is 3270. The van der Waals surface area contributed by atoms with Crippen molar-refractivity contribution in [3.63, 3.8) is 0 Å². The predicted molar refractivity (Wildman–Crippen MR) is 246 cm³/mol. The Hall–Kier alpha value is -7.60. The molecule has 0 amide bonds. The highest BCUT2D eigenvalue weighted by atomic mass is 32.1. The Morgan fingerprint density at radius 1 is 0.322 bits per heavy atom. The first-order valence-corrected chi connectivity index (χ1v) is 20.5. The molecule has 5 aromatic heterocycles. The molecule has 0 spiro atoms. The van der Waals surface area contributed by atoms with Crippen LogP contribution in [0.1, 0.15) is 0 Å². The van der Waals surface area contributed by atoms with Crippen molar-refractivity contribution < 1.29 is 0 Å². The van der Waals surface area contributed by atoms with Gasteiger partial charge in [-0.1, -0.05) is 127 Å². The van der Waals surface area contributed by atoms with Crippen LogP contribution >= 0.6 is 11.3 Å². The van der Waals surface area contributed by atoms with Crippen LogP contribution in [0.4, 0.5) is 0 Å². The first-order chi connectivity index (χ1) is 29.2. The molecule has 4 nitrogen and oxygen atoms in total. The molecular formula is C54H34N4S. The standard InChI is InChI=1S/C54H34N4S/c1-2-13-35(14-3-1)36-15-10-17-38(29-36)41-25-26-44-48(32-41)58-53(54-52(44)45-21-4-5-24-51(45)59-54)42-20-12-18-39(31-42)37-16-11-19-40(30-37)43-33-49(46-22-6-8-27-55-46)57-50(34-43)47-23-7-9-28-56-47/h1-34H. The van der Waals surface area contributed by atoms with Gasteiger partial charge < -0.3 is 0 Å². The van der Waals surface area contributed by atoms with Gasteiger partial charge in [0.1, 0.15) is 0 Å². The lowest BCUT2D eigenvalue weighted by Crippen LogP contribution is -1.94. The second kappa shape index (κ2) is 14.7. The highest BCUT2D eigenvalue weighted by Crippen LogP contribution is 2.44. The highest BCUT2D eigenvalue weighted by Gasteiger charge is 2.18. The lowest BCUT2D eigenvalue weighted by Gasteiger charge is -2.12. The van der Waals surface area contributed by atoms with E-state index < -0.39 is 0 Å². The zero-order valence-electron chi connectivity index (χ0n) is 31.8. The summed E-state index contributed by atoms with van der Waals surface area (Å²) in [4.78, 5) is 19.7. The molecular weight excluding hydrogens is 737 g/mol. The fourth-order valence-electron chi connectivity index (χ4n) is 8.08. The Kier molecular flexibility index (Phi) is 8.64. The summed E-state index contributed by atoms with van der Waals surface area (Å²) in [5, 5.41) is 3.68. The number of hydrogen-bond acceptors (Lipinski definition) is 5. The number of benzene rings is 6. The second-order valence-corrected chi connectivity index (χ2v) is 15.7.